The maximum atomic E-state index is 12.9. The highest BCUT2D eigenvalue weighted by Crippen LogP contribution is 2.24. The first-order valence-electron chi connectivity index (χ1n) is 10.3. The topological polar surface area (TPSA) is 115 Å². The number of nitrogens with one attached hydrogen (secondary N) is 3. The van der Waals surface area contributed by atoms with Gasteiger partial charge in [0.2, 0.25) is 0 Å². The van der Waals surface area contributed by atoms with Gasteiger partial charge in [-0.25, -0.2) is 4.98 Å². The van der Waals surface area contributed by atoms with E-state index in [1.165, 1.54) is 6.20 Å². The second-order valence-electron chi connectivity index (χ2n) is 7.85. The number of anilines is 3. The quantitative estimate of drug-likeness (QED) is 0.531. The molecule has 0 bridgehead atoms. The number of methoxy groups -OCH3 is 1. The van der Waals surface area contributed by atoms with E-state index < -0.39 is 0 Å². The molecular weight excluding hydrogens is 398 g/mol. The molecule has 3 heterocycles. The molecule has 10 heteroatoms. The number of rotatable bonds is 7. The molecule has 31 heavy (non-hydrogen) atoms. The summed E-state index contributed by atoms with van der Waals surface area (Å²) >= 11 is 0. The van der Waals surface area contributed by atoms with E-state index in [0.29, 0.717) is 28.5 Å². The van der Waals surface area contributed by atoms with Crippen LogP contribution >= 0.6 is 0 Å². The Labute approximate surface area is 179 Å². The van der Waals surface area contributed by atoms with Gasteiger partial charge in [-0.1, -0.05) is 0 Å². The molecule has 4 rings (SSSR count). The third-order valence-corrected chi connectivity index (χ3v) is 5.60. The van der Waals surface area contributed by atoms with E-state index in [1.54, 1.807) is 41.6 Å². The molecule has 10 nitrogen and oxygen atoms in total. The van der Waals surface area contributed by atoms with Crippen molar-refractivity contribution in [3.63, 3.8) is 0 Å². The van der Waals surface area contributed by atoms with E-state index in [0.717, 1.165) is 12.8 Å². The number of hydrogen-bond acceptors (Lipinski definition) is 7. The fourth-order valence-corrected chi connectivity index (χ4v) is 3.68. The number of ether oxygens (including phenoxy) is 1. The van der Waals surface area contributed by atoms with Crippen LogP contribution in [0.1, 0.15) is 43.1 Å². The lowest BCUT2D eigenvalue weighted by Gasteiger charge is -2.35. The lowest BCUT2D eigenvalue weighted by molar-refractivity contribution is 0.00732. The van der Waals surface area contributed by atoms with Crippen molar-refractivity contribution >= 4 is 28.9 Å². The van der Waals surface area contributed by atoms with Gasteiger partial charge in [-0.2, -0.15) is 9.61 Å². The normalized spacial score (nSPS) is 18.1. The van der Waals surface area contributed by atoms with Crippen LogP contribution in [0.15, 0.2) is 35.4 Å². The smallest absolute Gasteiger partial charge is 0.274 e. The van der Waals surface area contributed by atoms with E-state index in [-0.39, 0.29) is 29.7 Å². The molecule has 0 radical (unpaired) electrons. The minimum atomic E-state index is -0.254. The number of nitrogens with zero attached hydrogens (tertiary/aromatic N) is 4. The van der Waals surface area contributed by atoms with Crippen LogP contribution in [0.4, 0.5) is 17.3 Å². The predicted octanol–water partition coefficient (Wildman–Crippen LogP) is 2.16. The molecule has 1 saturated carbocycles. The first kappa shape index (κ1) is 20.9. The zero-order chi connectivity index (χ0) is 22.1. The summed E-state index contributed by atoms with van der Waals surface area (Å²) in [6.07, 6.45) is 5.09. The Balaban J connectivity index is 1.68. The number of amides is 1. The van der Waals surface area contributed by atoms with Gasteiger partial charge in [0.25, 0.3) is 11.5 Å². The van der Waals surface area contributed by atoms with E-state index >= 15 is 0 Å². The third kappa shape index (κ3) is 3.86. The molecule has 3 aromatic heterocycles. The molecule has 164 valence electrons. The summed E-state index contributed by atoms with van der Waals surface area (Å²) in [6, 6.07) is 5.27. The summed E-state index contributed by atoms with van der Waals surface area (Å²) in [5, 5.41) is 13.5. The molecule has 1 amide bonds. The van der Waals surface area contributed by atoms with Gasteiger partial charge >= 0.3 is 0 Å². The number of carbonyl (C=O) groups excluding carboxylic acids is 1. The summed E-state index contributed by atoms with van der Waals surface area (Å²) in [6.45, 7) is 3.89. The van der Waals surface area contributed by atoms with Crippen LogP contribution in [-0.2, 0) is 4.74 Å². The van der Waals surface area contributed by atoms with Crippen LogP contribution in [0.5, 0.6) is 0 Å². The second kappa shape index (κ2) is 8.38. The van der Waals surface area contributed by atoms with Gasteiger partial charge < -0.3 is 25.3 Å². The van der Waals surface area contributed by atoms with Gasteiger partial charge in [-0.15, -0.1) is 0 Å². The molecule has 0 aromatic carbocycles. The molecule has 1 aliphatic carbocycles. The maximum absolute atomic E-state index is 12.9. The van der Waals surface area contributed by atoms with Crippen molar-refractivity contribution in [2.24, 2.45) is 0 Å². The average Bonchev–Trinajstić information content (AvgIpc) is 3.16. The van der Waals surface area contributed by atoms with Crippen molar-refractivity contribution in [3.05, 3.63) is 46.5 Å². The Kier molecular flexibility index (Phi) is 5.64. The Hall–Kier alpha value is -3.40. The highest BCUT2D eigenvalue weighted by Gasteiger charge is 2.33. The number of carbonyl (C=O) groups is 1. The minimum Gasteiger partial charge on any atom is -0.379 e. The van der Waals surface area contributed by atoms with Crippen molar-refractivity contribution in [1.29, 1.82) is 0 Å². The van der Waals surface area contributed by atoms with E-state index in [4.69, 9.17) is 4.74 Å². The molecule has 3 aromatic rings. The van der Waals surface area contributed by atoms with Crippen LogP contribution in [0.25, 0.3) is 5.65 Å². The molecule has 3 N–H and O–H groups in total. The van der Waals surface area contributed by atoms with Crippen molar-refractivity contribution < 1.29 is 9.53 Å². The summed E-state index contributed by atoms with van der Waals surface area (Å²) < 4.78 is 8.56. The standard InChI is InChI=1S/C21H27N7O3/c1-12(2)27-9-5-6-15(21(27)30)24-17-10-18(22-3)28-19(26-17)13(11-23-28)20(29)25-14-7-8-16(14)31-4/h5-6,9-12,14,16,22H,7-8H2,1-4H3,(H,24,26)(H,25,29)/t14?,16-/m1/s1. The molecule has 0 spiro atoms. The van der Waals surface area contributed by atoms with Crippen molar-refractivity contribution in [3.8, 4) is 0 Å². The van der Waals surface area contributed by atoms with Crippen LogP contribution in [0.3, 0.4) is 0 Å². The number of fused-ring (bicyclic) bond motifs is 1. The monoisotopic (exact) mass is 425 g/mol. The Morgan fingerprint density at radius 2 is 2.13 bits per heavy atom. The third-order valence-electron chi connectivity index (χ3n) is 5.60. The number of pyridine rings is 1. The van der Waals surface area contributed by atoms with Crippen molar-refractivity contribution in [2.75, 3.05) is 24.8 Å². The van der Waals surface area contributed by atoms with Gasteiger partial charge in [-0.05, 0) is 38.8 Å². The van der Waals surface area contributed by atoms with E-state index in [1.807, 2.05) is 19.9 Å². The van der Waals surface area contributed by atoms with Gasteiger partial charge in [0, 0.05) is 32.5 Å². The van der Waals surface area contributed by atoms with E-state index in [9.17, 15) is 9.59 Å². The van der Waals surface area contributed by atoms with Crippen LogP contribution in [0.2, 0.25) is 0 Å². The summed E-state index contributed by atoms with van der Waals surface area (Å²) in [5.74, 6) is 0.809. The SMILES string of the molecule is CNc1cc(Nc2cccn(C(C)C)c2=O)nc2c(C(=O)NC3CC[C@H]3OC)cnn12. The Morgan fingerprint density at radius 3 is 2.77 bits per heavy atom. The molecular formula is C21H27N7O3. The van der Waals surface area contributed by atoms with E-state index in [2.05, 4.69) is 26.0 Å². The molecule has 0 saturated heterocycles. The zero-order valence-electron chi connectivity index (χ0n) is 18.0. The Morgan fingerprint density at radius 1 is 1.32 bits per heavy atom. The molecule has 1 aliphatic rings. The first-order chi connectivity index (χ1) is 14.9. The first-order valence-corrected chi connectivity index (χ1v) is 10.3. The molecule has 2 atom stereocenters. The van der Waals surface area contributed by atoms with Crippen molar-refractivity contribution in [1.82, 2.24) is 24.5 Å². The minimum absolute atomic E-state index is 0.0173. The largest absolute Gasteiger partial charge is 0.379 e. The van der Waals surface area contributed by atoms with Crippen LogP contribution in [0, 0.1) is 0 Å². The van der Waals surface area contributed by atoms with Crippen LogP contribution < -0.4 is 21.5 Å². The average molecular weight is 425 g/mol. The Bertz CT molecular complexity index is 1170. The zero-order valence-corrected chi connectivity index (χ0v) is 18.0. The number of aromatic nitrogens is 4. The van der Waals surface area contributed by atoms with Gasteiger partial charge in [0.1, 0.15) is 22.9 Å². The molecule has 1 fully saturated rings. The summed E-state index contributed by atoms with van der Waals surface area (Å²) in [4.78, 5) is 30.2. The van der Waals surface area contributed by atoms with Gasteiger partial charge in [0.05, 0.1) is 18.3 Å². The molecule has 1 unspecified atom stereocenters. The fourth-order valence-electron chi connectivity index (χ4n) is 3.68. The summed E-state index contributed by atoms with van der Waals surface area (Å²) in [5.41, 5.74) is 1.00. The summed E-state index contributed by atoms with van der Waals surface area (Å²) in [7, 11) is 3.40. The maximum Gasteiger partial charge on any atom is 0.274 e. The second-order valence-corrected chi connectivity index (χ2v) is 7.85. The highest BCUT2D eigenvalue weighted by molar-refractivity contribution is 6.00. The van der Waals surface area contributed by atoms with Gasteiger partial charge in [-0.3, -0.25) is 9.59 Å². The lowest BCUT2D eigenvalue weighted by atomic mass is 9.89. The molecule has 0 aliphatic heterocycles. The van der Waals surface area contributed by atoms with Gasteiger partial charge in [0.15, 0.2) is 5.65 Å². The fraction of sp³-hybridized carbons (Fsp3) is 0.429. The van der Waals surface area contributed by atoms with Crippen molar-refractivity contribution in [2.45, 2.75) is 44.9 Å². The lowest BCUT2D eigenvalue weighted by Crippen LogP contribution is -2.51. The highest BCUT2D eigenvalue weighted by atomic mass is 16.5. The number of hydrogen-bond donors (Lipinski definition) is 3. The predicted molar refractivity (Wildman–Crippen MR) is 118 cm³/mol. The van der Waals surface area contributed by atoms with Crippen LogP contribution in [-0.4, -0.2) is 51.4 Å².